The number of nitrogens with zero attached hydrogens (tertiary/aromatic N) is 2. The summed E-state index contributed by atoms with van der Waals surface area (Å²) in [5, 5.41) is 2.93. The van der Waals surface area contributed by atoms with Gasteiger partial charge in [0.05, 0.1) is 13.2 Å². The van der Waals surface area contributed by atoms with E-state index in [1.807, 2.05) is 53.0 Å². The number of esters is 1. The quantitative estimate of drug-likeness (QED) is 0.523. The summed E-state index contributed by atoms with van der Waals surface area (Å²) in [6.07, 6.45) is 0. The van der Waals surface area contributed by atoms with Gasteiger partial charge in [-0.3, -0.25) is 4.79 Å². The molecule has 2 amide bonds. The maximum atomic E-state index is 13.2. The fourth-order valence-corrected chi connectivity index (χ4v) is 3.48. The van der Waals surface area contributed by atoms with Crippen LogP contribution in [0.1, 0.15) is 80.6 Å². The highest BCUT2D eigenvalue weighted by Crippen LogP contribution is 2.24. The zero-order valence-corrected chi connectivity index (χ0v) is 19.4. The summed E-state index contributed by atoms with van der Waals surface area (Å²) in [4.78, 5) is 39.9. The molecule has 1 aromatic heterocycles. The number of carbonyl (C=O) groups excluding carboxylic acids is 3. The van der Waals surface area contributed by atoms with Crippen LogP contribution in [0.15, 0.2) is 0 Å². The number of ketones is 1. The van der Waals surface area contributed by atoms with Crippen molar-refractivity contribution < 1.29 is 19.1 Å². The fraction of sp³-hybridized carbons (Fsp3) is 0.682. The van der Waals surface area contributed by atoms with Crippen LogP contribution in [-0.4, -0.2) is 52.5 Å². The van der Waals surface area contributed by atoms with Crippen molar-refractivity contribution >= 4 is 17.8 Å². The normalized spacial score (nSPS) is 11.5. The van der Waals surface area contributed by atoms with Crippen molar-refractivity contribution in [1.29, 1.82) is 0 Å². The first-order chi connectivity index (χ1) is 13.3. The third kappa shape index (κ3) is 6.34. The van der Waals surface area contributed by atoms with Crippen molar-refractivity contribution in [2.24, 2.45) is 5.92 Å². The Morgan fingerprint density at radius 2 is 1.72 bits per heavy atom. The van der Waals surface area contributed by atoms with Crippen LogP contribution >= 0.6 is 0 Å². The Labute approximate surface area is 174 Å². The van der Waals surface area contributed by atoms with E-state index in [9.17, 15) is 14.4 Å². The molecule has 0 aromatic carbocycles. The minimum absolute atomic E-state index is 0.0439. The number of ether oxygens (including phenoxy) is 1. The molecule has 164 valence electrons. The molecule has 0 aliphatic rings. The minimum Gasteiger partial charge on any atom is -0.461 e. The Balaban J connectivity index is 3.27. The summed E-state index contributed by atoms with van der Waals surface area (Å²) in [5.41, 5.74) is 1.83. The predicted molar refractivity (Wildman–Crippen MR) is 115 cm³/mol. The van der Waals surface area contributed by atoms with Crippen molar-refractivity contribution in [2.75, 3.05) is 19.7 Å². The van der Waals surface area contributed by atoms with Gasteiger partial charge in [0, 0.05) is 29.9 Å². The van der Waals surface area contributed by atoms with E-state index in [4.69, 9.17) is 4.74 Å². The molecule has 0 saturated heterocycles. The van der Waals surface area contributed by atoms with E-state index >= 15 is 0 Å². The Hall–Kier alpha value is -2.31. The van der Waals surface area contributed by atoms with Gasteiger partial charge in [-0.15, -0.1) is 0 Å². The van der Waals surface area contributed by atoms with Crippen molar-refractivity contribution in [3.05, 3.63) is 22.5 Å². The van der Waals surface area contributed by atoms with Crippen LogP contribution in [0.2, 0.25) is 0 Å². The van der Waals surface area contributed by atoms with Crippen molar-refractivity contribution in [1.82, 2.24) is 14.8 Å². The highest BCUT2D eigenvalue weighted by atomic mass is 16.5. The monoisotopic (exact) mass is 407 g/mol. The standard InChI is InChI=1S/C22H37N3O4/c1-10-25-16(6)18(15(5)19(25)20(27)29-11-2)17(26)13-24(12-14(3)4)21(28)23-22(7,8)9/h14H,10-13H2,1-9H3,(H,23,28). The van der Waals surface area contributed by atoms with Crippen LogP contribution in [0.5, 0.6) is 0 Å². The molecule has 1 rings (SSSR count). The van der Waals surface area contributed by atoms with Crippen LogP contribution in [-0.2, 0) is 11.3 Å². The summed E-state index contributed by atoms with van der Waals surface area (Å²) in [6.45, 7) is 18.2. The van der Waals surface area contributed by atoms with E-state index in [2.05, 4.69) is 5.32 Å². The van der Waals surface area contributed by atoms with E-state index in [1.54, 1.807) is 18.7 Å². The van der Waals surface area contributed by atoms with E-state index in [1.165, 1.54) is 0 Å². The fourth-order valence-electron chi connectivity index (χ4n) is 3.48. The molecule has 0 atom stereocenters. The van der Waals surface area contributed by atoms with Gasteiger partial charge in [0.2, 0.25) is 0 Å². The van der Waals surface area contributed by atoms with Crippen molar-refractivity contribution in [2.45, 2.75) is 74.4 Å². The van der Waals surface area contributed by atoms with Crippen LogP contribution < -0.4 is 5.32 Å². The second kappa shape index (κ2) is 9.94. The molecule has 0 fully saturated rings. The lowest BCUT2D eigenvalue weighted by Crippen LogP contribution is -2.50. The number of rotatable bonds is 8. The highest BCUT2D eigenvalue weighted by molar-refractivity contribution is 6.04. The predicted octanol–water partition coefficient (Wildman–Crippen LogP) is 3.95. The maximum Gasteiger partial charge on any atom is 0.355 e. The zero-order chi connectivity index (χ0) is 22.5. The molecule has 0 aliphatic carbocycles. The largest absolute Gasteiger partial charge is 0.461 e. The maximum absolute atomic E-state index is 13.2. The van der Waals surface area contributed by atoms with Crippen LogP contribution in [0.3, 0.4) is 0 Å². The molecular formula is C22H37N3O4. The average Bonchev–Trinajstić information content (AvgIpc) is 2.82. The van der Waals surface area contributed by atoms with Crippen LogP contribution in [0.25, 0.3) is 0 Å². The summed E-state index contributed by atoms with van der Waals surface area (Å²) >= 11 is 0. The van der Waals surface area contributed by atoms with E-state index in [0.29, 0.717) is 29.9 Å². The van der Waals surface area contributed by atoms with Gasteiger partial charge in [-0.1, -0.05) is 13.8 Å². The molecular weight excluding hydrogens is 370 g/mol. The average molecular weight is 408 g/mol. The van der Waals surface area contributed by atoms with Crippen LogP contribution in [0, 0.1) is 19.8 Å². The summed E-state index contributed by atoms with van der Waals surface area (Å²) in [7, 11) is 0. The third-order valence-electron chi connectivity index (χ3n) is 4.52. The number of Topliss-reactive ketones (excluding diaryl/α,β-unsaturated/α-hetero) is 1. The molecule has 7 nitrogen and oxygen atoms in total. The van der Waals surface area contributed by atoms with E-state index < -0.39 is 11.5 Å². The van der Waals surface area contributed by atoms with Crippen molar-refractivity contribution in [3.8, 4) is 0 Å². The molecule has 0 saturated carbocycles. The van der Waals surface area contributed by atoms with Gasteiger partial charge in [-0.2, -0.15) is 0 Å². The van der Waals surface area contributed by atoms with Gasteiger partial charge in [-0.25, -0.2) is 9.59 Å². The highest BCUT2D eigenvalue weighted by Gasteiger charge is 2.29. The molecule has 0 bridgehead atoms. The lowest BCUT2D eigenvalue weighted by atomic mass is 10.0. The van der Waals surface area contributed by atoms with Gasteiger partial charge >= 0.3 is 12.0 Å². The zero-order valence-electron chi connectivity index (χ0n) is 19.4. The molecule has 29 heavy (non-hydrogen) atoms. The third-order valence-corrected chi connectivity index (χ3v) is 4.52. The topological polar surface area (TPSA) is 80.6 Å². The van der Waals surface area contributed by atoms with Crippen LogP contribution in [0.4, 0.5) is 4.79 Å². The molecule has 1 heterocycles. The lowest BCUT2D eigenvalue weighted by Gasteiger charge is -2.29. The Morgan fingerprint density at radius 3 is 2.17 bits per heavy atom. The van der Waals surface area contributed by atoms with Gasteiger partial charge < -0.3 is 19.5 Å². The molecule has 1 aromatic rings. The number of carbonyl (C=O) groups is 3. The number of aromatic nitrogens is 1. The summed E-state index contributed by atoms with van der Waals surface area (Å²) in [5.74, 6) is -0.396. The Morgan fingerprint density at radius 1 is 1.14 bits per heavy atom. The Bertz CT molecular complexity index is 757. The first-order valence-corrected chi connectivity index (χ1v) is 10.3. The van der Waals surface area contributed by atoms with E-state index in [0.717, 1.165) is 5.69 Å². The first-order valence-electron chi connectivity index (χ1n) is 10.3. The van der Waals surface area contributed by atoms with Gasteiger partial charge in [0.25, 0.3) is 0 Å². The number of nitrogens with one attached hydrogen (secondary N) is 1. The second-order valence-electron chi connectivity index (χ2n) is 8.78. The first kappa shape index (κ1) is 24.7. The summed E-state index contributed by atoms with van der Waals surface area (Å²) < 4.78 is 6.99. The minimum atomic E-state index is -0.432. The number of hydrogen-bond acceptors (Lipinski definition) is 4. The van der Waals surface area contributed by atoms with E-state index in [-0.39, 0.29) is 30.9 Å². The molecule has 0 radical (unpaired) electrons. The SMILES string of the molecule is CCOC(=O)c1c(C)c(C(=O)CN(CC(C)C)C(=O)NC(C)(C)C)c(C)n1CC. The van der Waals surface area contributed by atoms with Gasteiger partial charge in [0.1, 0.15) is 5.69 Å². The second-order valence-corrected chi connectivity index (χ2v) is 8.78. The Kier molecular flexibility index (Phi) is 8.48. The van der Waals surface area contributed by atoms with Gasteiger partial charge in [-0.05, 0) is 59.9 Å². The molecule has 0 spiro atoms. The summed E-state index contributed by atoms with van der Waals surface area (Å²) in [6, 6.07) is -0.268. The molecule has 7 heteroatoms. The molecule has 0 aliphatic heterocycles. The number of hydrogen-bond donors (Lipinski definition) is 1. The molecule has 1 N–H and O–H groups in total. The lowest BCUT2D eigenvalue weighted by molar-refractivity contribution is 0.0512. The van der Waals surface area contributed by atoms with Crippen molar-refractivity contribution in [3.63, 3.8) is 0 Å². The van der Waals surface area contributed by atoms with Gasteiger partial charge in [0.15, 0.2) is 5.78 Å². The number of amides is 2. The smallest absolute Gasteiger partial charge is 0.355 e. The number of urea groups is 1. The molecule has 0 unspecified atom stereocenters.